The van der Waals surface area contributed by atoms with Crippen molar-refractivity contribution in [3.8, 4) is 0 Å². The highest BCUT2D eigenvalue weighted by Gasteiger charge is 1.98. The van der Waals surface area contributed by atoms with Crippen LogP contribution >= 0.6 is 0 Å². The second kappa shape index (κ2) is 2.60. The fraction of sp³-hybridized carbons (Fsp3) is 0.500. The molecule has 1 rings (SSSR count). The third kappa shape index (κ3) is 1.05. The number of aromatic nitrogens is 2. The molecule has 0 saturated heterocycles. The van der Waals surface area contributed by atoms with Crippen LogP contribution in [0.2, 0.25) is 0 Å². The third-order valence-corrected chi connectivity index (χ3v) is 1.32. The van der Waals surface area contributed by atoms with Gasteiger partial charge in [0.05, 0.1) is 0 Å². The molecule has 0 aliphatic carbocycles. The minimum Gasteiger partial charge on any atom is -0.393 e. The van der Waals surface area contributed by atoms with Gasteiger partial charge in [0.2, 0.25) is 0 Å². The van der Waals surface area contributed by atoms with Crippen LogP contribution in [0.25, 0.3) is 0 Å². The van der Waals surface area contributed by atoms with Gasteiger partial charge in [-0.15, -0.1) is 0 Å². The van der Waals surface area contributed by atoms with E-state index in [1.807, 2.05) is 6.92 Å². The van der Waals surface area contributed by atoms with Gasteiger partial charge in [-0.05, 0) is 6.42 Å². The summed E-state index contributed by atoms with van der Waals surface area (Å²) < 4.78 is 1.50. The van der Waals surface area contributed by atoms with Gasteiger partial charge < -0.3 is 10.8 Å². The topological polar surface area (TPSA) is 63.8 Å². The number of nitrogens with two attached hydrogens (primary N) is 1. The molecule has 0 bridgehead atoms. The molecule has 0 aromatic carbocycles. The summed E-state index contributed by atoms with van der Waals surface area (Å²) in [4.78, 5) is 11.0. The fourth-order valence-electron chi connectivity index (χ4n) is 0.813. The highest BCUT2D eigenvalue weighted by Crippen LogP contribution is 1.89. The van der Waals surface area contributed by atoms with Gasteiger partial charge in [0.25, 0.3) is 5.56 Å². The number of nitrogens with one attached hydrogen (secondary N) is 1. The van der Waals surface area contributed by atoms with Crippen molar-refractivity contribution in [2.75, 3.05) is 5.73 Å². The molecule has 1 aromatic heterocycles. The first-order valence-corrected chi connectivity index (χ1v) is 3.29. The number of hydrogen-bond donors (Lipinski definition) is 2. The maximum absolute atomic E-state index is 11.0. The maximum atomic E-state index is 11.0. The Kier molecular flexibility index (Phi) is 1.80. The van der Waals surface area contributed by atoms with Gasteiger partial charge in [0, 0.05) is 12.7 Å². The van der Waals surface area contributed by atoms with E-state index in [9.17, 15) is 4.79 Å². The zero-order valence-electron chi connectivity index (χ0n) is 5.92. The summed E-state index contributed by atoms with van der Waals surface area (Å²) >= 11 is 0. The molecule has 56 valence electrons. The number of nitrogens with zero attached hydrogens (tertiary/aromatic N) is 1. The molecule has 0 radical (unpaired) electrons. The molecule has 4 heteroatoms. The zero-order chi connectivity index (χ0) is 7.56. The lowest BCUT2D eigenvalue weighted by atomic mass is 10.5. The Labute approximate surface area is 58.6 Å². The zero-order valence-corrected chi connectivity index (χ0v) is 5.92. The predicted octanol–water partition coefficient (Wildman–Crippen LogP) is 0.169. The van der Waals surface area contributed by atoms with E-state index in [0.29, 0.717) is 6.54 Å². The van der Waals surface area contributed by atoms with Crippen LogP contribution in [0.3, 0.4) is 0 Å². The molecule has 0 fully saturated rings. The van der Waals surface area contributed by atoms with Crippen LogP contribution in [0, 0.1) is 0 Å². The SMILES string of the molecule is CCCn1[nH]cc(N)c1=O. The van der Waals surface area contributed by atoms with Crippen LogP contribution in [0.4, 0.5) is 5.69 Å². The second-order valence-electron chi connectivity index (χ2n) is 2.19. The summed E-state index contributed by atoms with van der Waals surface area (Å²) in [6.45, 7) is 2.71. The first-order chi connectivity index (χ1) is 4.75. The summed E-state index contributed by atoms with van der Waals surface area (Å²) in [7, 11) is 0. The Morgan fingerprint density at radius 1 is 1.80 bits per heavy atom. The van der Waals surface area contributed by atoms with Gasteiger partial charge in [-0.3, -0.25) is 9.48 Å². The van der Waals surface area contributed by atoms with E-state index >= 15 is 0 Å². The lowest BCUT2D eigenvalue weighted by molar-refractivity contribution is 0.586. The molecule has 10 heavy (non-hydrogen) atoms. The Morgan fingerprint density at radius 3 is 2.90 bits per heavy atom. The second-order valence-corrected chi connectivity index (χ2v) is 2.19. The van der Waals surface area contributed by atoms with E-state index < -0.39 is 0 Å². The van der Waals surface area contributed by atoms with Gasteiger partial charge >= 0.3 is 0 Å². The van der Waals surface area contributed by atoms with Gasteiger partial charge in [-0.1, -0.05) is 6.92 Å². The van der Waals surface area contributed by atoms with Crippen LogP contribution in [-0.2, 0) is 6.54 Å². The number of anilines is 1. The molecule has 0 aliphatic rings. The van der Waals surface area contributed by atoms with Crippen molar-refractivity contribution >= 4 is 5.69 Å². The highest BCUT2D eigenvalue weighted by atomic mass is 16.1. The molecule has 0 atom stereocenters. The summed E-state index contributed by atoms with van der Waals surface area (Å²) in [6, 6.07) is 0. The molecule has 0 spiro atoms. The predicted molar refractivity (Wildman–Crippen MR) is 39.8 cm³/mol. The lowest BCUT2D eigenvalue weighted by Crippen LogP contribution is -2.18. The Bertz CT molecular complexity index is 260. The average Bonchev–Trinajstić information content (AvgIpc) is 2.20. The average molecular weight is 141 g/mol. The largest absolute Gasteiger partial charge is 0.393 e. The van der Waals surface area contributed by atoms with Crippen molar-refractivity contribution < 1.29 is 0 Å². The van der Waals surface area contributed by atoms with Crippen molar-refractivity contribution in [2.24, 2.45) is 0 Å². The molecular formula is C6H11N3O. The van der Waals surface area contributed by atoms with Gasteiger partial charge in [0.1, 0.15) is 5.69 Å². The fourth-order valence-corrected chi connectivity index (χ4v) is 0.813. The van der Waals surface area contributed by atoms with E-state index in [1.54, 1.807) is 0 Å². The summed E-state index contributed by atoms with van der Waals surface area (Å²) in [5.74, 6) is 0. The lowest BCUT2D eigenvalue weighted by Gasteiger charge is -1.94. The van der Waals surface area contributed by atoms with Crippen molar-refractivity contribution in [1.29, 1.82) is 0 Å². The van der Waals surface area contributed by atoms with Crippen LogP contribution in [0.5, 0.6) is 0 Å². The number of rotatable bonds is 2. The number of nitrogen functional groups attached to an aromatic ring is 1. The van der Waals surface area contributed by atoms with Crippen LogP contribution in [0.15, 0.2) is 11.0 Å². The van der Waals surface area contributed by atoms with E-state index in [1.165, 1.54) is 10.9 Å². The van der Waals surface area contributed by atoms with E-state index in [-0.39, 0.29) is 11.2 Å². The molecule has 4 nitrogen and oxygen atoms in total. The number of hydrogen-bond acceptors (Lipinski definition) is 2. The van der Waals surface area contributed by atoms with Crippen LogP contribution in [-0.4, -0.2) is 9.78 Å². The van der Waals surface area contributed by atoms with Crippen molar-refractivity contribution in [3.63, 3.8) is 0 Å². The van der Waals surface area contributed by atoms with Crippen molar-refractivity contribution in [1.82, 2.24) is 9.78 Å². The van der Waals surface area contributed by atoms with Gasteiger partial charge in [0.15, 0.2) is 0 Å². The number of aromatic amines is 1. The molecule has 0 aliphatic heterocycles. The van der Waals surface area contributed by atoms with Crippen molar-refractivity contribution in [2.45, 2.75) is 19.9 Å². The molecule has 0 amide bonds. The van der Waals surface area contributed by atoms with Gasteiger partial charge in [-0.2, -0.15) is 0 Å². The summed E-state index contributed by atoms with van der Waals surface area (Å²) in [6.07, 6.45) is 2.44. The Morgan fingerprint density at radius 2 is 2.50 bits per heavy atom. The highest BCUT2D eigenvalue weighted by molar-refractivity contribution is 5.30. The normalized spacial score (nSPS) is 10.1. The van der Waals surface area contributed by atoms with Crippen LogP contribution < -0.4 is 11.3 Å². The molecular weight excluding hydrogens is 130 g/mol. The van der Waals surface area contributed by atoms with Gasteiger partial charge in [-0.25, -0.2) is 0 Å². The number of aryl methyl sites for hydroxylation is 1. The minimum atomic E-state index is -0.123. The monoisotopic (exact) mass is 141 g/mol. The van der Waals surface area contributed by atoms with Crippen molar-refractivity contribution in [3.05, 3.63) is 16.6 Å². The first-order valence-electron chi connectivity index (χ1n) is 3.29. The standard InChI is InChI=1S/C6H11N3O/c1-2-3-9-6(10)5(7)4-8-9/h4,8H,2-3,7H2,1H3. The summed E-state index contributed by atoms with van der Waals surface area (Å²) in [5, 5.41) is 2.75. The number of H-pyrrole nitrogens is 1. The Balaban J connectivity index is 2.95. The minimum absolute atomic E-state index is 0.123. The molecule has 1 heterocycles. The van der Waals surface area contributed by atoms with E-state index in [4.69, 9.17) is 5.73 Å². The third-order valence-electron chi connectivity index (χ3n) is 1.32. The molecule has 0 saturated carbocycles. The molecule has 1 aromatic rings. The molecule has 0 unspecified atom stereocenters. The quantitative estimate of drug-likeness (QED) is 0.616. The first kappa shape index (κ1) is 6.92. The smallest absolute Gasteiger partial charge is 0.289 e. The summed E-state index contributed by atoms with van der Waals surface area (Å²) in [5.41, 5.74) is 5.47. The van der Waals surface area contributed by atoms with Crippen LogP contribution in [0.1, 0.15) is 13.3 Å². The Hall–Kier alpha value is -1.19. The van der Waals surface area contributed by atoms with E-state index in [2.05, 4.69) is 5.10 Å². The maximum Gasteiger partial charge on any atom is 0.289 e. The molecule has 3 N–H and O–H groups in total. The van der Waals surface area contributed by atoms with E-state index in [0.717, 1.165) is 6.42 Å².